The first kappa shape index (κ1) is 12.3. The van der Waals surface area contributed by atoms with Gasteiger partial charge in [-0.05, 0) is 13.3 Å². The molecule has 0 heterocycles. The molecule has 0 fully saturated rings. The van der Waals surface area contributed by atoms with Crippen LogP contribution in [0.3, 0.4) is 0 Å². The number of carbonyl (C=O) groups is 1. The molecular formula is C7H11Cl3O2. The SMILES string of the molecule is COC(=O)C(Cl)CC(Cl)C(C)Cl. The van der Waals surface area contributed by atoms with Crippen LogP contribution in [0.1, 0.15) is 13.3 Å². The number of methoxy groups -OCH3 is 1. The number of hydrogen-bond donors (Lipinski definition) is 0. The number of rotatable bonds is 4. The number of carbonyl (C=O) groups excluding carboxylic acids is 1. The highest BCUT2D eigenvalue weighted by Gasteiger charge is 2.22. The lowest BCUT2D eigenvalue weighted by Gasteiger charge is -2.13. The van der Waals surface area contributed by atoms with E-state index in [-0.39, 0.29) is 10.8 Å². The summed E-state index contributed by atoms with van der Waals surface area (Å²) in [5.41, 5.74) is 0. The fourth-order valence-electron chi connectivity index (χ4n) is 0.609. The Morgan fingerprint density at radius 2 is 1.92 bits per heavy atom. The maximum absolute atomic E-state index is 10.8. The molecule has 0 aliphatic heterocycles. The predicted molar refractivity (Wildman–Crippen MR) is 51.2 cm³/mol. The van der Waals surface area contributed by atoms with Gasteiger partial charge in [0.25, 0.3) is 0 Å². The van der Waals surface area contributed by atoms with E-state index < -0.39 is 11.3 Å². The molecule has 72 valence electrons. The molecule has 0 aliphatic rings. The largest absolute Gasteiger partial charge is 0.468 e. The summed E-state index contributed by atoms with van der Waals surface area (Å²) in [4.78, 5) is 10.8. The molecule has 0 aromatic heterocycles. The van der Waals surface area contributed by atoms with E-state index in [1.54, 1.807) is 6.92 Å². The number of hydrogen-bond acceptors (Lipinski definition) is 2. The van der Waals surface area contributed by atoms with Crippen LogP contribution in [0.25, 0.3) is 0 Å². The molecule has 0 radical (unpaired) electrons. The smallest absolute Gasteiger partial charge is 0.323 e. The summed E-state index contributed by atoms with van der Waals surface area (Å²) < 4.78 is 4.42. The Bertz CT molecular complexity index is 150. The molecule has 12 heavy (non-hydrogen) atoms. The maximum Gasteiger partial charge on any atom is 0.323 e. The average Bonchev–Trinajstić information content (AvgIpc) is 2.02. The highest BCUT2D eigenvalue weighted by atomic mass is 35.5. The van der Waals surface area contributed by atoms with E-state index >= 15 is 0 Å². The number of esters is 1. The summed E-state index contributed by atoms with van der Waals surface area (Å²) in [5, 5.41) is -1.23. The lowest BCUT2D eigenvalue weighted by atomic mass is 10.2. The Labute approximate surface area is 87.1 Å². The van der Waals surface area contributed by atoms with Gasteiger partial charge in [-0.25, -0.2) is 0 Å². The van der Waals surface area contributed by atoms with Gasteiger partial charge in [0.05, 0.1) is 12.5 Å². The van der Waals surface area contributed by atoms with Gasteiger partial charge in [0.15, 0.2) is 0 Å². The molecule has 3 unspecified atom stereocenters. The molecule has 0 rings (SSSR count). The zero-order valence-electron chi connectivity index (χ0n) is 6.89. The molecule has 0 aromatic rings. The van der Waals surface area contributed by atoms with Crippen LogP contribution in [0.4, 0.5) is 0 Å². The summed E-state index contributed by atoms with van der Waals surface area (Å²) in [6.07, 6.45) is 0.320. The van der Waals surface area contributed by atoms with E-state index in [0.29, 0.717) is 6.42 Å². The van der Waals surface area contributed by atoms with Crippen molar-refractivity contribution in [2.45, 2.75) is 29.5 Å². The van der Waals surface area contributed by atoms with Crippen LogP contribution >= 0.6 is 34.8 Å². The molecule has 0 amide bonds. The monoisotopic (exact) mass is 232 g/mol. The molecule has 0 aromatic carbocycles. The first-order valence-electron chi connectivity index (χ1n) is 3.49. The van der Waals surface area contributed by atoms with Crippen molar-refractivity contribution in [3.8, 4) is 0 Å². The van der Waals surface area contributed by atoms with Crippen LogP contribution in [0.5, 0.6) is 0 Å². The normalized spacial score (nSPS) is 18.1. The van der Waals surface area contributed by atoms with Gasteiger partial charge in [0.2, 0.25) is 0 Å². The molecule has 5 heteroatoms. The van der Waals surface area contributed by atoms with Gasteiger partial charge in [-0.1, -0.05) is 0 Å². The van der Waals surface area contributed by atoms with Crippen LogP contribution in [0, 0.1) is 0 Å². The molecule has 0 bridgehead atoms. The fourth-order valence-corrected chi connectivity index (χ4v) is 1.26. The zero-order chi connectivity index (χ0) is 9.72. The molecule has 0 saturated carbocycles. The van der Waals surface area contributed by atoms with E-state index in [1.165, 1.54) is 7.11 Å². The second-order valence-corrected chi connectivity index (χ2v) is 4.20. The minimum absolute atomic E-state index is 0.211. The molecule has 0 aliphatic carbocycles. The minimum Gasteiger partial charge on any atom is -0.468 e. The third kappa shape index (κ3) is 4.39. The van der Waals surface area contributed by atoms with Crippen molar-refractivity contribution in [3.05, 3.63) is 0 Å². The van der Waals surface area contributed by atoms with Gasteiger partial charge < -0.3 is 4.74 Å². The van der Waals surface area contributed by atoms with E-state index in [4.69, 9.17) is 34.8 Å². The van der Waals surface area contributed by atoms with E-state index in [0.717, 1.165) is 0 Å². The summed E-state index contributed by atoms with van der Waals surface area (Å²) >= 11 is 17.1. The van der Waals surface area contributed by atoms with Crippen molar-refractivity contribution in [2.24, 2.45) is 0 Å². The molecule has 3 atom stereocenters. The van der Waals surface area contributed by atoms with Crippen molar-refractivity contribution in [1.82, 2.24) is 0 Å². The minimum atomic E-state index is -0.710. The van der Waals surface area contributed by atoms with E-state index in [9.17, 15) is 4.79 Å². The number of halogens is 3. The predicted octanol–water partition coefficient (Wildman–Crippen LogP) is 2.39. The standard InChI is InChI=1S/C7H11Cl3O2/c1-4(8)5(9)3-6(10)7(11)12-2/h4-6H,3H2,1-2H3. The van der Waals surface area contributed by atoms with Crippen molar-refractivity contribution < 1.29 is 9.53 Å². The number of ether oxygens (including phenoxy) is 1. The number of alkyl halides is 3. The lowest BCUT2D eigenvalue weighted by Crippen LogP contribution is -2.23. The molecular weight excluding hydrogens is 222 g/mol. The second kappa shape index (κ2) is 5.90. The molecule has 0 N–H and O–H groups in total. The lowest BCUT2D eigenvalue weighted by molar-refractivity contribution is -0.140. The topological polar surface area (TPSA) is 26.3 Å². The van der Waals surface area contributed by atoms with Gasteiger partial charge >= 0.3 is 5.97 Å². The van der Waals surface area contributed by atoms with Gasteiger partial charge in [0, 0.05) is 5.38 Å². The maximum atomic E-state index is 10.8. The van der Waals surface area contributed by atoms with Crippen LogP contribution in [-0.2, 0) is 9.53 Å². The van der Waals surface area contributed by atoms with Crippen LogP contribution in [0.2, 0.25) is 0 Å². The Kier molecular flexibility index (Phi) is 6.06. The summed E-state index contributed by atoms with van der Waals surface area (Å²) in [7, 11) is 1.28. The highest BCUT2D eigenvalue weighted by Crippen LogP contribution is 2.18. The average molecular weight is 234 g/mol. The van der Waals surface area contributed by atoms with Crippen molar-refractivity contribution in [2.75, 3.05) is 7.11 Å². The summed E-state index contributed by atoms with van der Waals surface area (Å²) in [6.45, 7) is 1.75. The highest BCUT2D eigenvalue weighted by molar-refractivity contribution is 6.32. The molecule has 2 nitrogen and oxygen atoms in total. The Morgan fingerprint density at radius 1 is 1.42 bits per heavy atom. The van der Waals surface area contributed by atoms with Crippen LogP contribution in [-0.4, -0.2) is 29.2 Å². The van der Waals surface area contributed by atoms with Gasteiger partial charge in [-0.2, -0.15) is 0 Å². The Hall–Kier alpha value is 0.340. The van der Waals surface area contributed by atoms with Gasteiger partial charge in [-0.3, -0.25) is 4.79 Å². The first-order valence-corrected chi connectivity index (χ1v) is 4.80. The van der Waals surface area contributed by atoms with Crippen molar-refractivity contribution in [1.29, 1.82) is 0 Å². The van der Waals surface area contributed by atoms with E-state index in [2.05, 4.69) is 4.74 Å². The Morgan fingerprint density at radius 3 is 2.25 bits per heavy atom. The van der Waals surface area contributed by atoms with Crippen molar-refractivity contribution in [3.63, 3.8) is 0 Å². The third-order valence-electron chi connectivity index (χ3n) is 1.39. The zero-order valence-corrected chi connectivity index (χ0v) is 9.16. The van der Waals surface area contributed by atoms with Crippen molar-refractivity contribution >= 4 is 40.8 Å². The third-order valence-corrected chi connectivity index (χ3v) is 2.73. The van der Waals surface area contributed by atoms with E-state index in [1.807, 2.05) is 0 Å². The van der Waals surface area contributed by atoms with Crippen LogP contribution in [0.15, 0.2) is 0 Å². The quantitative estimate of drug-likeness (QED) is 0.550. The summed E-state index contributed by atoms with van der Waals surface area (Å²) in [6, 6.07) is 0. The first-order chi connectivity index (χ1) is 5.49. The van der Waals surface area contributed by atoms with Gasteiger partial charge in [-0.15, -0.1) is 34.8 Å². The fraction of sp³-hybridized carbons (Fsp3) is 0.857. The Balaban J connectivity index is 3.83. The van der Waals surface area contributed by atoms with Gasteiger partial charge in [0.1, 0.15) is 5.38 Å². The molecule has 0 saturated heterocycles. The molecule has 0 spiro atoms. The second-order valence-electron chi connectivity index (χ2n) is 2.42. The summed E-state index contributed by atoms with van der Waals surface area (Å²) in [5.74, 6) is -0.473. The van der Waals surface area contributed by atoms with Crippen LogP contribution < -0.4 is 0 Å².